The number of hydrogen-bond acceptors (Lipinski definition) is 4. The molecular weight excluding hydrogens is 292 g/mol. The fourth-order valence-corrected chi connectivity index (χ4v) is 6.17. The van der Waals surface area contributed by atoms with E-state index in [2.05, 4.69) is 42.7 Å². The maximum absolute atomic E-state index is 5.88. The summed E-state index contributed by atoms with van der Waals surface area (Å²) in [4.78, 5) is 2.78. The van der Waals surface area contributed by atoms with E-state index in [0.717, 1.165) is 31.1 Å². The fourth-order valence-electron chi connectivity index (χ4n) is 4.88. The van der Waals surface area contributed by atoms with E-state index >= 15 is 0 Å². The molecule has 2 saturated heterocycles. The molecule has 2 aliphatic heterocycles. The van der Waals surface area contributed by atoms with E-state index < -0.39 is 0 Å². The van der Waals surface area contributed by atoms with Crippen molar-refractivity contribution in [3.8, 4) is 0 Å². The highest BCUT2D eigenvalue weighted by atomic mass is 32.2. The standard InChI is InChI=1S/C18H34N2OS/c1-4-14-6-8-15(9-7-14)17-16(12-21-5-2)13(3)19-18-20(17)10-11-22-18/h13-19H,4-12H2,1-3H3. The molecule has 0 aromatic rings. The van der Waals surface area contributed by atoms with E-state index in [1.807, 2.05) is 0 Å². The van der Waals surface area contributed by atoms with Gasteiger partial charge in [-0.3, -0.25) is 10.2 Å². The third kappa shape index (κ3) is 3.50. The molecule has 128 valence electrons. The van der Waals surface area contributed by atoms with Gasteiger partial charge < -0.3 is 4.74 Å². The van der Waals surface area contributed by atoms with Crippen LogP contribution in [0.25, 0.3) is 0 Å². The van der Waals surface area contributed by atoms with Gasteiger partial charge in [0, 0.05) is 36.9 Å². The van der Waals surface area contributed by atoms with Gasteiger partial charge in [-0.2, -0.15) is 0 Å². The Kier molecular flexibility index (Phi) is 6.10. The number of ether oxygens (including phenoxy) is 1. The van der Waals surface area contributed by atoms with Crippen molar-refractivity contribution in [3.05, 3.63) is 0 Å². The fraction of sp³-hybridized carbons (Fsp3) is 1.00. The van der Waals surface area contributed by atoms with Crippen molar-refractivity contribution in [1.82, 2.24) is 10.2 Å². The zero-order valence-electron chi connectivity index (χ0n) is 14.6. The van der Waals surface area contributed by atoms with Crippen LogP contribution in [0.1, 0.15) is 52.9 Å². The van der Waals surface area contributed by atoms with E-state index in [1.54, 1.807) is 0 Å². The van der Waals surface area contributed by atoms with Crippen LogP contribution in [0.3, 0.4) is 0 Å². The number of rotatable bonds is 5. The van der Waals surface area contributed by atoms with Crippen molar-refractivity contribution in [2.75, 3.05) is 25.5 Å². The predicted octanol–water partition coefficient (Wildman–Crippen LogP) is 3.55. The Morgan fingerprint density at radius 1 is 1.18 bits per heavy atom. The van der Waals surface area contributed by atoms with Crippen LogP contribution in [-0.2, 0) is 4.74 Å². The van der Waals surface area contributed by atoms with Gasteiger partial charge in [0.1, 0.15) is 5.50 Å². The zero-order valence-corrected chi connectivity index (χ0v) is 15.4. The first-order chi connectivity index (χ1) is 10.7. The average Bonchev–Trinajstić information content (AvgIpc) is 3.00. The third-order valence-electron chi connectivity index (χ3n) is 6.26. The number of nitrogens with one attached hydrogen (secondary N) is 1. The number of nitrogens with zero attached hydrogens (tertiary/aromatic N) is 1. The summed E-state index contributed by atoms with van der Waals surface area (Å²) in [5, 5.41) is 3.84. The monoisotopic (exact) mass is 326 g/mol. The van der Waals surface area contributed by atoms with E-state index in [-0.39, 0.29) is 0 Å². The van der Waals surface area contributed by atoms with Crippen LogP contribution in [0.4, 0.5) is 0 Å². The molecule has 0 aromatic carbocycles. The molecule has 0 spiro atoms. The summed E-state index contributed by atoms with van der Waals surface area (Å²) in [5.41, 5.74) is 0.557. The summed E-state index contributed by atoms with van der Waals surface area (Å²) < 4.78 is 5.88. The maximum Gasteiger partial charge on any atom is 0.109 e. The minimum atomic E-state index is 0.557. The molecular formula is C18H34N2OS. The van der Waals surface area contributed by atoms with Gasteiger partial charge in [0.2, 0.25) is 0 Å². The Balaban J connectivity index is 1.72. The van der Waals surface area contributed by atoms with Gasteiger partial charge in [-0.05, 0) is 38.5 Å². The SMILES string of the molecule is CCOCC1C(C)NC2SCCN2C1C1CCC(CC)CC1. The zero-order chi connectivity index (χ0) is 15.5. The molecule has 4 unspecified atom stereocenters. The second kappa shape index (κ2) is 7.87. The van der Waals surface area contributed by atoms with Crippen molar-refractivity contribution >= 4 is 11.8 Å². The molecule has 3 aliphatic rings. The van der Waals surface area contributed by atoms with E-state index in [0.29, 0.717) is 17.5 Å². The van der Waals surface area contributed by atoms with Crippen LogP contribution in [0.15, 0.2) is 0 Å². The lowest BCUT2D eigenvalue weighted by atomic mass is 9.72. The van der Waals surface area contributed by atoms with Crippen LogP contribution in [0.5, 0.6) is 0 Å². The Morgan fingerprint density at radius 2 is 1.95 bits per heavy atom. The van der Waals surface area contributed by atoms with Gasteiger partial charge in [0.15, 0.2) is 0 Å². The third-order valence-corrected chi connectivity index (χ3v) is 7.40. The van der Waals surface area contributed by atoms with Crippen molar-refractivity contribution in [2.45, 2.75) is 70.5 Å². The highest BCUT2D eigenvalue weighted by molar-refractivity contribution is 8.00. The quantitative estimate of drug-likeness (QED) is 0.835. The molecule has 0 aromatic heterocycles. The second-order valence-corrected chi connectivity index (χ2v) is 8.61. The molecule has 4 heteroatoms. The van der Waals surface area contributed by atoms with Gasteiger partial charge in [-0.1, -0.05) is 26.2 Å². The number of thioether (sulfide) groups is 1. The summed E-state index contributed by atoms with van der Waals surface area (Å²) in [6.45, 7) is 9.90. The molecule has 3 fully saturated rings. The molecule has 3 rings (SSSR count). The molecule has 0 radical (unpaired) electrons. The summed E-state index contributed by atoms with van der Waals surface area (Å²) in [6.07, 6.45) is 7.15. The number of hydrogen-bond donors (Lipinski definition) is 1. The van der Waals surface area contributed by atoms with Crippen molar-refractivity contribution in [2.24, 2.45) is 17.8 Å². The Hall–Kier alpha value is 0.230. The molecule has 0 amide bonds. The van der Waals surface area contributed by atoms with E-state index in [4.69, 9.17) is 4.74 Å². The molecule has 0 bridgehead atoms. The van der Waals surface area contributed by atoms with Gasteiger partial charge in [0.25, 0.3) is 0 Å². The molecule has 1 aliphatic carbocycles. The summed E-state index contributed by atoms with van der Waals surface area (Å²) in [7, 11) is 0. The number of fused-ring (bicyclic) bond motifs is 1. The van der Waals surface area contributed by atoms with Crippen molar-refractivity contribution in [1.29, 1.82) is 0 Å². The normalized spacial score (nSPS) is 43.2. The Labute approximate surface area is 140 Å². The summed E-state index contributed by atoms with van der Waals surface area (Å²) in [6, 6.07) is 1.31. The van der Waals surface area contributed by atoms with Gasteiger partial charge >= 0.3 is 0 Å². The minimum absolute atomic E-state index is 0.557. The molecule has 3 nitrogen and oxygen atoms in total. The van der Waals surface area contributed by atoms with E-state index in [9.17, 15) is 0 Å². The van der Waals surface area contributed by atoms with Crippen molar-refractivity contribution < 1.29 is 4.74 Å². The topological polar surface area (TPSA) is 24.5 Å². The molecule has 1 saturated carbocycles. The minimum Gasteiger partial charge on any atom is -0.381 e. The predicted molar refractivity (Wildman–Crippen MR) is 95.1 cm³/mol. The summed E-state index contributed by atoms with van der Waals surface area (Å²) >= 11 is 2.10. The lowest BCUT2D eigenvalue weighted by Crippen LogP contribution is -2.64. The van der Waals surface area contributed by atoms with Gasteiger partial charge in [0.05, 0.1) is 6.61 Å². The molecule has 1 N–H and O–H groups in total. The second-order valence-electron chi connectivity index (χ2n) is 7.42. The average molecular weight is 327 g/mol. The first-order valence-corrected chi connectivity index (χ1v) is 10.5. The lowest BCUT2D eigenvalue weighted by Gasteiger charge is -2.51. The maximum atomic E-state index is 5.88. The highest BCUT2D eigenvalue weighted by Gasteiger charge is 2.47. The van der Waals surface area contributed by atoms with Crippen LogP contribution < -0.4 is 5.32 Å². The largest absolute Gasteiger partial charge is 0.381 e. The first kappa shape index (κ1) is 17.1. The van der Waals surface area contributed by atoms with Crippen LogP contribution in [0, 0.1) is 17.8 Å². The Morgan fingerprint density at radius 3 is 2.64 bits per heavy atom. The first-order valence-electron chi connectivity index (χ1n) is 9.45. The van der Waals surface area contributed by atoms with Gasteiger partial charge in [-0.15, -0.1) is 11.8 Å². The van der Waals surface area contributed by atoms with Crippen LogP contribution in [0.2, 0.25) is 0 Å². The Bertz CT molecular complexity index is 346. The van der Waals surface area contributed by atoms with Gasteiger partial charge in [-0.25, -0.2) is 0 Å². The van der Waals surface area contributed by atoms with Crippen LogP contribution in [-0.4, -0.2) is 48.0 Å². The molecule has 22 heavy (non-hydrogen) atoms. The summed E-state index contributed by atoms with van der Waals surface area (Å²) in [5.74, 6) is 3.81. The van der Waals surface area contributed by atoms with Crippen LogP contribution >= 0.6 is 11.8 Å². The highest BCUT2D eigenvalue weighted by Crippen LogP contribution is 2.42. The van der Waals surface area contributed by atoms with Crippen molar-refractivity contribution in [3.63, 3.8) is 0 Å². The molecule has 2 heterocycles. The van der Waals surface area contributed by atoms with E-state index in [1.165, 1.54) is 44.4 Å². The molecule has 4 atom stereocenters. The lowest BCUT2D eigenvalue weighted by molar-refractivity contribution is -0.0339. The smallest absolute Gasteiger partial charge is 0.109 e.